The molecule has 0 saturated heterocycles. The van der Waals surface area contributed by atoms with Gasteiger partial charge in [-0.05, 0) is 38.8 Å². The van der Waals surface area contributed by atoms with Gasteiger partial charge < -0.3 is 5.73 Å². The number of hydrogen-bond donors (Lipinski definition) is 1. The quantitative estimate of drug-likeness (QED) is 0.556. The van der Waals surface area contributed by atoms with E-state index >= 15 is 0 Å². The number of unbranched alkanes of at least 4 members (excludes halogenated alkanes) is 5. The molecule has 2 N–H and O–H groups in total. The van der Waals surface area contributed by atoms with Crippen molar-refractivity contribution in [3.05, 3.63) is 0 Å². The van der Waals surface area contributed by atoms with Crippen molar-refractivity contribution in [2.45, 2.75) is 96.4 Å². The van der Waals surface area contributed by atoms with E-state index in [1.807, 2.05) is 0 Å². The molecule has 1 fully saturated rings. The lowest BCUT2D eigenvalue weighted by Crippen LogP contribution is -2.55. The average molecular weight is 283 g/mol. The maximum absolute atomic E-state index is 6.20. The van der Waals surface area contributed by atoms with Crippen LogP contribution in [0, 0.1) is 0 Å². The van der Waals surface area contributed by atoms with Crippen molar-refractivity contribution in [2.24, 2.45) is 5.73 Å². The molecule has 0 unspecified atom stereocenters. The third-order valence-corrected chi connectivity index (χ3v) is 5.11. The third kappa shape index (κ3) is 5.73. The Balaban J connectivity index is 2.37. The summed E-state index contributed by atoms with van der Waals surface area (Å²) in [7, 11) is 0. The molecule has 2 heteroatoms. The van der Waals surface area contributed by atoms with E-state index in [1.165, 1.54) is 90.1 Å². The van der Waals surface area contributed by atoms with Gasteiger partial charge >= 0.3 is 0 Å². The molecule has 2 nitrogen and oxygen atoms in total. The van der Waals surface area contributed by atoms with Crippen LogP contribution in [0.25, 0.3) is 0 Å². The van der Waals surface area contributed by atoms with Gasteiger partial charge in [0.25, 0.3) is 0 Å². The van der Waals surface area contributed by atoms with Crippen molar-refractivity contribution >= 4 is 0 Å². The standard InChI is InChI=1S/C18H38N2/c1-3-5-6-7-8-12-16-20(15-4-2)18(17-19)13-10-9-11-14-18/h3-17,19H2,1-2H3. The van der Waals surface area contributed by atoms with Gasteiger partial charge in [-0.3, -0.25) is 4.90 Å². The van der Waals surface area contributed by atoms with Gasteiger partial charge in [0.15, 0.2) is 0 Å². The van der Waals surface area contributed by atoms with E-state index in [2.05, 4.69) is 18.7 Å². The number of rotatable bonds is 11. The van der Waals surface area contributed by atoms with Crippen molar-refractivity contribution in [2.75, 3.05) is 19.6 Å². The van der Waals surface area contributed by atoms with Gasteiger partial charge in [0, 0.05) is 12.1 Å². The fraction of sp³-hybridized carbons (Fsp3) is 1.00. The van der Waals surface area contributed by atoms with E-state index < -0.39 is 0 Å². The molecule has 1 saturated carbocycles. The van der Waals surface area contributed by atoms with Crippen LogP contribution in [0.5, 0.6) is 0 Å². The van der Waals surface area contributed by atoms with Gasteiger partial charge in [-0.15, -0.1) is 0 Å². The second-order valence-corrected chi connectivity index (χ2v) is 6.74. The molecule has 0 bridgehead atoms. The Labute approximate surface area is 127 Å². The smallest absolute Gasteiger partial charge is 0.0331 e. The van der Waals surface area contributed by atoms with Gasteiger partial charge in [0.05, 0.1) is 0 Å². The molecule has 20 heavy (non-hydrogen) atoms. The number of nitrogens with two attached hydrogens (primary N) is 1. The molecule has 0 spiro atoms. The van der Waals surface area contributed by atoms with E-state index in [4.69, 9.17) is 5.73 Å². The maximum Gasteiger partial charge on any atom is 0.0331 e. The van der Waals surface area contributed by atoms with Gasteiger partial charge in [-0.25, -0.2) is 0 Å². The zero-order valence-electron chi connectivity index (χ0n) is 14.1. The van der Waals surface area contributed by atoms with Crippen LogP contribution in [0.3, 0.4) is 0 Å². The Hall–Kier alpha value is -0.0800. The van der Waals surface area contributed by atoms with Crippen LogP contribution in [0.1, 0.15) is 90.9 Å². The molecule has 0 aromatic heterocycles. The lowest BCUT2D eigenvalue weighted by atomic mass is 9.80. The molecule has 0 aromatic rings. The van der Waals surface area contributed by atoms with Crippen molar-refractivity contribution < 1.29 is 0 Å². The highest BCUT2D eigenvalue weighted by Crippen LogP contribution is 2.33. The highest BCUT2D eigenvalue weighted by Gasteiger charge is 2.35. The summed E-state index contributed by atoms with van der Waals surface area (Å²) in [6, 6.07) is 0. The average Bonchev–Trinajstić information content (AvgIpc) is 2.50. The van der Waals surface area contributed by atoms with Gasteiger partial charge in [-0.2, -0.15) is 0 Å². The number of nitrogens with zero attached hydrogens (tertiary/aromatic N) is 1. The predicted octanol–water partition coefficient (Wildman–Crippen LogP) is 4.72. The summed E-state index contributed by atoms with van der Waals surface area (Å²) in [6.45, 7) is 7.98. The van der Waals surface area contributed by atoms with E-state index in [0.717, 1.165) is 6.54 Å². The summed E-state index contributed by atoms with van der Waals surface area (Å²) >= 11 is 0. The highest BCUT2D eigenvalue weighted by molar-refractivity contribution is 4.94. The highest BCUT2D eigenvalue weighted by atomic mass is 15.2. The first-order valence-electron chi connectivity index (χ1n) is 9.24. The second kappa shape index (κ2) is 10.6. The molecule has 0 atom stereocenters. The van der Waals surface area contributed by atoms with Crippen LogP contribution in [-0.2, 0) is 0 Å². The van der Waals surface area contributed by atoms with Crippen molar-refractivity contribution in [1.29, 1.82) is 0 Å². The Kier molecular flexibility index (Phi) is 9.54. The summed E-state index contributed by atoms with van der Waals surface area (Å²) in [4.78, 5) is 2.76. The Morgan fingerprint density at radius 2 is 1.45 bits per heavy atom. The van der Waals surface area contributed by atoms with Gasteiger partial charge in [0.1, 0.15) is 0 Å². The van der Waals surface area contributed by atoms with Crippen molar-refractivity contribution in [3.63, 3.8) is 0 Å². The van der Waals surface area contributed by atoms with Crippen LogP contribution in [0.15, 0.2) is 0 Å². The first kappa shape index (κ1) is 18.0. The monoisotopic (exact) mass is 282 g/mol. The zero-order valence-corrected chi connectivity index (χ0v) is 14.1. The van der Waals surface area contributed by atoms with Crippen LogP contribution >= 0.6 is 0 Å². The molecule has 0 amide bonds. The van der Waals surface area contributed by atoms with E-state index in [9.17, 15) is 0 Å². The molecule has 120 valence electrons. The fourth-order valence-electron chi connectivity index (χ4n) is 3.80. The lowest BCUT2D eigenvalue weighted by Gasteiger charge is -2.46. The zero-order chi connectivity index (χ0) is 14.7. The normalized spacial score (nSPS) is 18.6. The van der Waals surface area contributed by atoms with E-state index in [0.29, 0.717) is 5.54 Å². The fourth-order valence-corrected chi connectivity index (χ4v) is 3.80. The summed E-state index contributed by atoms with van der Waals surface area (Å²) in [5, 5.41) is 0. The van der Waals surface area contributed by atoms with Crippen LogP contribution in [0.4, 0.5) is 0 Å². The minimum atomic E-state index is 0.345. The molecular formula is C18H38N2. The molecule has 1 aliphatic carbocycles. The van der Waals surface area contributed by atoms with Crippen molar-refractivity contribution in [3.8, 4) is 0 Å². The summed E-state index contributed by atoms with van der Waals surface area (Å²) in [5.74, 6) is 0. The second-order valence-electron chi connectivity index (χ2n) is 6.74. The Morgan fingerprint density at radius 1 is 0.800 bits per heavy atom. The van der Waals surface area contributed by atoms with E-state index in [1.54, 1.807) is 0 Å². The molecule has 1 rings (SSSR count). The first-order chi connectivity index (χ1) is 9.79. The molecule has 0 heterocycles. The largest absolute Gasteiger partial charge is 0.329 e. The molecule has 0 aromatic carbocycles. The molecule has 0 aliphatic heterocycles. The Bertz CT molecular complexity index is 221. The first-order valence-corrected chi connectivity index (χ1v) is 9.24. The van der Waals surface area contributed by atoms with Crippen LogP contribution in [0.2, 0.25) is 0 Å². The topological polar surface area (TPSA) is 29.3 Å². The van der Waals surface area contributed by atoms with E-state index in [-0.39, 0.29) is 0 Å². The van der Waals surface area contributed by atoms with Crippen molar-refractivity contribution in [1.82, 2.24) is 4.90 Å². The minimum absolute atomic E-state index is 0.345. The maximum atomic E-state index is 6.20. The molecule has 0 radical (unpaired) electrons. The number of hydrogen-bond acceptors (Lipinski definition) is 2. The SMILES string of the molecule is CCCCCCCCN(CCC)C1(CN)CCCCC1. The summed E-state index contributed by atoms with van der Waals surface area (Å²) in [6.07, 6.45) is 16.5. The molecular weight excluding hydrogens is 244 g/mol. The summed E-state index contributed by atoms with van der Waals surface area (Å²) in [5.41, 5.74) is 6.54. The summed E-state index contributed by atoms with van der Waals surface area (Å²) < 4.78 is 0. The predicted molar refractivity (Wildman–Crippen MR) is 90.1 cm³/mol. The van der Waals surface area contributed by atoms with Crippen LogP contribution < -0.4 is 5.73 Å². The Morgan fingerprint density at radius 3 is 2.05 bits per heavy atom. The lowest BCUT2D eigenvalue weighted by molar-refractivity contribution is 0.0550. The van der Waals surface area contributed by atoms with Gasteiger partial charge in [-0.1, -0.05) is 65.2 Å². The third-order valence-electron chi connectivity index (χ3n) is 5.11. The minimum Gasteiger partial charge on any atom is -0.329 e. The van der Waals surface area contributed by atoms with Gasteiger partial charge in [0.2, 0.25) is 0 Å². The molecule has 1 aliphatic rings. The van der Waals surface area contributed by atoms with Crippen LogP contribution in [-0.4, -0.2) is 30.1 Å².